The summed E-state index contributed by atoms with van der Waals surface area (Å²) in [6.07, 6.45) is 0. The van der Waals surface area contributed by atoms with E-state index in [4.69, 9.17) is 23.2 Å². The Morgan fingerprint density at radius 1 is 1.06 bits per heavy atom. The van der Waals surface area contributed by atoms with E-state index >= 15 is 0 Å². The average molecular weight is 310 g/mol. The quantitative estimate of drug-likeness (QED) is 0.848. The average Bonchev–Trinajstić information content (AvgIpc) is 2.19. The van der Waals surface area contributed by atoms with E-state index < -0.39 is 10.0 Å². The molecule has 1 aromatic carbocycles. The number of halogens is 2. The van der Waals surface area contributed by atoms with E-state index in [1.165, 1.54) is 16.4 Å². The minimum absolute atomic E-state index is 0.0547. The van der Waals surface area contributed by atoms with Gasteiger partial charge < -0.3 is 0 Å². The summed E-state index contributed by atoms with van der Waals surface area (Å²) in [5.41, 5.74) is 0. The van der Waals surface area contributed by atoms with Crippen molar-refractivity contribution in [3.05, 3.63) is 28.2 Å². The highest BCUT2D eigenvalue weighted by atomic mass is 35.5. The molecule has 0 atom stereocenters. The second-order valence-corrected chi connectivity index (χ2v) is 7.25. The van der Waals surface area contributed by atoms with Gasteiger partial charge in [0.1, 0.15) is 4.90 Å². The van der Waals surface area contributed by atoms with Gasteiger partial charge in [-0.3, -0.25) is 0 Å². The summed E-state index contributed by atoms with van der Waals surface area (Å²) in [6.45, 7) is 7.32. The Morgan fingerprint density at radius 3 is 2.00 bits per heavy atom. The van der Waals surface area contributed by atoms with Crippen molar-refractivity contribution in [1.29, 1.82) is 0 Å². The lowest BCUT2D eigenvalue weighted by atomic mass is 10.3. The molecule has 1 rings (SSSR count). The zero-order valence-corrected chi connectivity index (χ0v) is 13.1. The number of nitrogens with zero attached hydrogens (tertiary/aromatic N) is 1. The van der Waals surface area contributed by atoms with E-state index in [1.54, 1.807) is 6.07 Å². The summed E-state index contributed by atoms with van der Waals surface area (Å²) in [5, 5.41) is 0.538. The zero-order valence-electron chi connectivity index (χ0n) is 10.8. The van der Waals surface area contributed by atoms with Crippen molar-refractivity contribution >= 4 is 33.2 Å². The van der Waals surface area contributed by atoms with Crippen LogP contribution < -0.4 is 0 Å². The Kier molecular flexibility index (Phi) is 5.06. The van der Waals surface area contributed by atoms with Gasteiger partial charge in [-0.15, -0.1) is 0 Å². The SMILES string of the molecule is CC(C)N(C(C)C)S(=O)(=O)c1cc(Cl)ccc1Cl. The largest absolute Gasteiger partial charge is 0.245 e. The van der Waals surface area contributed by atoms with Crippen LogP contribution in [0.3, 0.4) is 0 Å². The number of sulfonamides is 1. The number of hydrogen-bond donors (Lipinski definition) is 0. The molecule has 0 aliphatic heterocycles. The smallest absolute Gasteiger partial charge is 0.207 e. The van der Waals surface area contributed by atoms with Crippen LogP contribution in [0.25, 0.3) is 0 Å². The van der Waals surface area contributed by atoms with E-state index in [1.807, 2.05) is 27.7 Å². The summed E-state index contributed by atoms with van der Waals surface area (Å²) >= 11 is 11.8. The first-order chi connectivity index (χ1) is 8.17. The van der Waals surface area contributed by atoms with Crippen LogP contribution in [0.4, 0.5) is 0 Å². The van der Waals surface area contributed by atoms with Gasteiger partial charge in [-0.2, -0.15) is 4.31 Å². The highest BCUT2D eigenvalue weighted by Gasteiger charge is 2.31. The number of benzene rings is 1. The third kappa shape index (κ3) is 3.18. The fraction of sp³-hybridized carbons (Fsp3) is 0.500. The van der Waals surface area contributed by atoms with Gasteiger partial charge in [-0.1, -0.05) is 23.2 Å². The molecule has 0 N–H and O–H groups in total. The van der Waals surface area contributed by atoms with Gasteiger partial charge in [0.25, 0.3) is 0 Å². The molecule has 0 spiro atoms. The molecule has 0 aromatic heterocycles. The van der Waals surface area contributed by atoms with Crippen LogP contribution in [-0.2, 0) is 10.0 Å². The van der Waals surface area contributed by atoms with E-state index in [9.17, 15) is 8.42 Å². The molecule has 0 bridgehead atoms. The lowest BCUT2D eigenvalue weighted by Gasteiger charge is -2.29. The van der Waals surface area contributed by atoms with Crippen LogP contribution in [0, 0.1) is 0 Å². The molecule has 0 unspecified atom stereocenters. The molecule has 0 saturated heterocycles. The van der Waals surface area contributed by atoms with Crippen LogP contribution in [-0.4, -0.2) is 24.8 Å². The Labute approximate surface area is 119 Å². The molecule has 0 aliphatic rings. The first-order valence-electron chi connectivity index (χ1n) is 5.66. The van der Waals surface area contributed by atoms with Crippen LogP contribution in [0.15, 0.2) is 23.1 Å². The van der Waals surface area contributed by atoms with Crippen molar-refractivity contribution in [1.82, 2.24) is 4.31 Å². The van der Waals surface area contributed by atoms with Crippen LogP contribution >= 0.6 is 23.2 Å². The van der Waals surface area contributed by atoms with Crippen molar-refractivity contribution in [2.24, 2.45) is 0 Å². The molecule has 0 saturated carbocycles. The van der Waals surface area contributed by atoms with Gasteiger partial charge in [-0.25, -0.2) is 8.42 Å². The maximum atomic E-state index is 12.6. The van der Waals surface area contributed by atoms with Crippen molar-refractivity contribution in [2.45, 2.75) is 44.7 Å². The van der Waals surface area contributed by atoms with Crippen molar-refractivity contribution in [3.63, 3.8) is 0 Å². The Hall–Kier alpha value is -0.290. The molecule has 102 valence electrons. The van der Waals surface area contributed by atoms with Gasteiger partial charge >= 0.3 is 0 Å². The van der Waals surface area contributed by atoms with Crippen molar-refractivity contribution in [3.8, 4) is 0 Å². The third-order valence-corrected chi connectivity index (χ3v) is 5.44. The van der Waals surface area contributed by atoms with E-state index in [0.29, 0.717) is 5.02 Å². The van der Waals surface area contributed by atoms with Gasteiger partial charge in [0.15, 0.2) is 0 Å². The summed E-state index contributed by atoms with van der Waals surface area (Å²) < 4.78 is 26.6. The van der Waals surface area contributed by atoms with E-state index in [2.05, 4.69) is 0 Å². The Bertz CT molecular complexity index is 519. The number of hydrogen-bond acceptors (Lipinski definition) is 2. The molecule has 0 radical (unpaired) electrons. The predicted molar refractivity (Wildman–Crippen MR) is 75.8 cm³/mol. The molecular formula is C12H17Cl2NO2S. The van der Waals surface area contributed by atoms with Crippen molar-refractivity contribution < 1.29 is 8.42 Å². The molecule has 18 heavy (non-hydrogen) atoms. The maximum Gasteiger partial charge on any atom is 0.245 e. The highest BCUT2D eigenvalue weighted by Crippen LogP contribution is 2.29. The monoisotopic (exact) mass is 309 g/mol. The molecule has 0 heterocycles. The maximum absolute atomic E-state index is 12.6. The summed E-state index contributed by atoms with van der Waals surface area (Å²) in [4.78, 5) is 0.0547. The lowest BCUT2D eigenvalue weighted by molar-refractivity contribution is 0.302. The topological polar surface area (TPSA) is 37.4 Å². The molecule has 1 aromatic rings. The predicted octanol–water partition coefficient (Wildman–Crippen LogP) is 3.80. The standard InChI is InChI=1S/C12H17Cl2NO2S/c1-8(2)15(9(3)4)18(16,17)12-7-10(13)5-6-11(12)14/h5-9H,1-4H3. The highest BCUT2D eigenvalue weighted by molar-refractivity contribution is 7.89. The van der Waals surface area contributed by atoms with Gasteiger partial charge in [0, 0.05) is 17.1 Å². The number of rotatable bonds is 4. The second kappa shape index (κ2) is 5.78. The van der Waals surface area contributed by atoms with Crippen molar-refractivity contribution in [2.75, 3.05) is 0 Å². The molecule has 0 fully saturated rings. The van der Waals surface area contributed by atoms with Gasteiger partial charge in [0.05, 0.1) is 5.02 Å². The second-order valence-electron chi connectivity index (χ2n) is 4.60. The summed E-state index contributed by atoms with van der Waals surface area (Å²) in [5.74, 6) is 0. The first-order valence-corrected chi connectivity index (χ1v) is 7.86. The van der Waals surface area contributed by atoms with E-state index in [-0.39, 0.29) is 22.0 Å². The molecule has 0 amide bonds. The van der Waals surface area contributed by atoms with Crippen LogP contribution in [0.2, 0.25) is 10.0 Å². The summed E-state index contributed by atoms with van der Waals surface area (Å²) in [7, 11) is -3.64. The van der Waals surface area contributed by atoms with Gasteiger partial charge in [-0.05, 0) is 45.9 Å². The van der Waals surface area contributed by atoms with E-state index in [0.717, 1.165) is 0 Å². The molecular weight excluding hydrogens is 293 g/mol. The fourth-order valence-electron chi connectivity index (χ4n) is 1.94. The molecule has 3 nitrogen and oxygen atoms in total. The lowest BCUT2D eigenvalue weighted by Crippen LogP contribution is -2.42. The van der Waals surface area contributed by atoms with Gasteiger partial charge in [0.2, 0.25) is 10.0 Å². The minimum atomic E-state index is -3.64. The van der Waals surface area contributed by atoms with Crippen LogP contribution in [0.5, 0.6) is 0 Å². The molecule has 6 heteroatoms. The minimum Gasteiger partial charge on any atom is -0.207 e. The van der Waals surface area contributed by atoms with Crippen LogP contribution in [0.1, 0.15) is 27.7 Å². The molecule has 0 aliphatic carbocycles. The first kappa shape index (κ1) is 15.8. The summed E-state index contributed by atoms with van der Waals surface area (Å²) in [6, 6.07) is 4.15. The zero-order chi connectivity index (χ0) is 14.1. The normalized spacial score (nSPS) is 12.7. The Balaban J connectivity index is 3.40. The third-order valence-electron chi connectivity index (χ3n) is 2.47. The fourth-order valence-corrected chi connectivity index (χ4v) is 4.51. The Morgan fingerprint density at radius 2 is 1.56 bits per heavy atom.